The van der Waals surface area contributed by atoms with Gasteiger partial charge in [-0.1, -0.05) is 12.1 Å². The fraction of sp³-hybridized carbons (Fsp3) is 0. The highest BCUT2D eigenvalue weighted by atomic mass is 32.2. The Morgan fingerprint density at radius 1 is 1.35 bits per heavy atom. The lowest BCUT2D eigenvalue weighted by atomic mass is 10.2. The molecule has 0 aliphatic rings. The van der Waals surface area contributed by atoms with Crippen molar-refractivity contribution in [2.75, 3.05) is 4.72 Å². The summed E-state index contributed by atoms with van der Waals surface area (Å²) in [6, 6.07) is 7.79. The average Bonchev–Trinajstić information content (AvgIpc) is 2.81. The molecule has 0 radical (unpaired) electrons. The van der Waals surface area contributed by atoms with Crippen LogP contribution in [0.3, 0.4) is 0 Å². The molecule has 0 aliphatic heterocycles. The lowest BCUT2D eigenvalue weighted by Crippen LogP contribution is -2.15. The number of hydrogen-bond donors (Lipinski definition) is 2. The molecule has 0 atom stereocenters. The van der Waals surface area contributed by atoms with E-state index in [1.54, 1.807) is 12.1 Å². The van der Waals surface area contributed by atoms with Gasteiger partial charge in [0, 0.05) is 12.4 Å². The Morgan fingerprint density at radius 2 is 2.12 bits per heavy atom. The molecule has 2 N–H and O–H groups in total. The van der Waals surface area contributed by atoms with Crippen molar-refractivity contribution in [1.29, 1.82) is 5.26 Å². The minimum Gasteiger partial charge on any atom is -0.330 e. The molecule has 0 spiro atoms. The third kappa shape index (κ3) is 2.26. The molecular formula is C10H8N4O2S. The zero-order chi connectivity index (χ0) is 12.3. The number of hydrogen-bond acceptors (Lipinski definition) is 4. The lowest BCUT2D eigenvalue weighted by molar-refractivity contribution is 0.600. The molecule has 1 aromatic carbocycles. The van der Waals surface area contributed by atoms with Crippen LogP contribution in [-0.2, 0) is 10.0 Å². The monoisotopic (exact) mass is 248 g/mol. The molecule has 2 rings (SSSR count). The van der Waals surface area contributed by atoms with E-state index in [0.29, 0.717) is 0 Å². The number of benzene rings is 1. The maximum absolute atomic E-state index is 12.0. The van der Waals surface area contributed by atoms with E-state index < -0.39 is 10.0 Å². The zero-order valence-electron chi connectivity index (χ0n) is 8.58. The van der Waals surface area contributed by atoms with Crippen molar-refractivity contribution in [1.82, 2.24) is 9.97 Å². The quantitative estimate of drug-likeness (QED) is 0.849. The first-order valence-corrected chi connectivity index (χ1v) is 6.13. The molecule has 0 bridgehead atoms. The summed E-state index contributed by atoms with van der Waals surface area (Å²) in [6.07, 6.45) is 2.92. The van der Waals surface area contributed by atoms with Crippen LogP contribution in [0, 0.1) is 11.3 Å². The molecule has 0 saturated heterocycles. The van der Waals surface area contributed by atoms with E-state index in [0.717, 1.165) is 0 Å². The number of aromatic amines is 1. The maximum atomic E-state index is 12.0. The van der Waals surface area contributed by atoms with Gasteiger partial charge in [0.1, 0.15) is 11.0 Å². The number of sulfonamides is 1. The number of rotatable bonds is 3. The number of imidazole rings is 1. The van der Waals surface area contributed by atoms with Crippen LogP contribution < -0.4 is 4.72 Å². The number of H-pyrrole nitrogens is 1. The van der Waals surface area contributed by atoms with E-state index in [9.17, 15) is 8.42 Å². The van der Waals surface area contributed by atoms with Gasteiger partial charge < -0.3 is 4.98 Å². The first kappa shape index (κ1) is 11.2. The predicted molar refractivity (Wildman–Crippen MR) is 60.6 cm³/mol. The molecular weight excluding hydrogens is 240 g/mol. The van der Waals surface area contributed by atoms with Crippen molar-refractivity contribution >= 4 is 16.0 Å². The van der Waals surface area contributed by atoms with Crippen LogP contribution in [0.1, 0.15) is 5.56 Å². The van der Waals surface area contributed by atoms with Crippen molar-refractivity contribution in [2.24, 2.45) is 0 Å². The smallest absolute Gasteiger partial charge is 0.265 e. The van der Waals surface area contributed by atoms with Gasteiger partial charge in [0.15, 0.2) is 0 Å². The number of nitrogens with zero attached hydrogens (tertiary/aromatic N) is 2. The first-order chi connectivity index (χ1) is 8.13. The number of aromatic nitrogens is 2. The van der Waals surface area contributed by atoms with Gasteiger partial charge in [-0.3, -0.25) is 0 Å². The van der Waals surface area contributed by atoms with Crippen molar-refractivity contribution < 1.29 is 8.42 Å². The van der Waals surface area contributed by atoms with Crippen molar-refractivity contribution in [3.05, 3.63) is 42.2 Å². The van der Waals surface area contributed by atoms with Crippen molar-refractivity contribution in [3.8, 4) is 6.07 Å². The Hall–Kier alpha value is -2.33. The van der Waals surface area contributed by atoms with Crippen LogP contribution in [0.25, 0.3) is 0 Å². The van der Waals surface area contributed by atoms with Gasteiger partial charge in [0.05, 0.1) is 5.56 Å². The summed E-state index contributed by atoms with van der Waals surface area (Å²) in [5.74, 6) is 0.109. The third-order valence-corrected chi connectivity index (χ3v) is 3.42. The van der Waals surface area contributed by atoms with Gasteiger partial charge in [-0.05, 0) is 12.1 Å². The van der Waals surface area contributed by atoms with E-state index in [2.05, 4.69) is 14.7 Å². The van der Waals surface area contributed by atoms with Crippen molar-refractivity contribution in [2.45, 2.75) is 4.90 Å². The molecule has 1 aromatic heterocycles. The van der Waals surface area contributed by atoms with E-state index in [4.69, 9.17) is 5.26 Å². The highest BCUT2D eigenvalue weighted by Crippen LogP contribution is 2.16. The first-order valence-electron chi connectivity index (χ1n) is 4.65. The molecule has 7 heteroatoms. The molecule has 0 unspecified atom stereocenters. The number of nitriles is 1. The summed E-state index contributed by atoms with van der Waals surface area (Å²) in [7, 11) is -3.79. The molecule has 0 amide bonds. The number of anilines is 1. The van der Waals surface area contributed by atoms with Crippen LogP contribution in [0.5, 0.6) is 0 Å². The summed E-state index contributed by atoms with van der Waals surface area (Å²) in [6.45, 7) is 0. The summed E-state index contributed by atoms with van der Waals surface area (Å²) in [5, 5.41) is 8.84. The lowest BCUT2D eigenvalue weighted by Gasteiger charge is -2.06. The van der Waals surface area contributed by atoms with Gasteiger partial charge in [-0.15, -0.1) is 0 Å². The second-order valence-corrected chi connectivity index (χ2v) is 4.80. The van der Waals surface area contributed by atoms with Crippen LogP contribution in [-0.4, -0.2) is 18.4 Å². The Balaban J connectivity index is 2.42. The summed E-state index contributed by atoms with van der Waals surface area (Å²) < 4.78 is 26.2. The molecule has 86 valence electrons. The van der Waals surface area contributed by atoms with E-state index in [1.807, 2.05) is 6.07 Å². The second kappa shape index (κ2) is 4.27. The van der Waals surface area contributed by atoms with Gasteiger partial charge in [-0.25, -0.2) is 18.1 Å². The fourth-order valence-corrected chi connectivity index (χ4v) is 2.43. The Labute approximate surface area is 98.0 Å². The topological polar surface area (TPSA) is 98.6 Å². The predicted octanol–water partition coefficient (Wildman–Crippen LogP) is 1.08. The molecule has 6 nitrogen and oxygen atoms in total. The van der Waals surface area contributed by atoms with Crippen molar-refractivity contribution in [3.63, 3.8) is 0 Å². The highest BCUT2D eigenvalue weighted by molar-refractivity contribution is 7.92. The minimum atomic E-state index is -3.79. The SMILES string of the molecule is N#Cc1ccccc1S(=O)(=O)Nc1ncc[nH]1. The second-order valence-electron chi connectivity index (χ2n) is 3.15. The molecule has 17 heavy (non-hydrogen) atoms. The standard InChI is InChI=1S/C10H8N4O2S/c11-7-8-3-1-2-4-9(8)17(15,16)14-10-12-5-6-13-10/h1-6H,(H2,12,13,14). The van der Waals surface area contributed by atoms with E-state index in [1.165, 1.54) is 24.5 Å². The average molecular weight is 248 g/mol. The third-order valence-electron chi connectivity index (χ3n) is 2.03. The van der Waals surface area contributed by atoms with Gasteiger partial charge in [-0.2, -0.15) is 5.26 Å². The largest absolute Gasteiger partial charge is 0.330 e. The van der Waals surface area contributed by atoms with Crippen LogP contribution in [0.4, 0.5) is 5.95 Å². The Morgan fingerprint density at radius 3 is 2.76 bits per heavy atom. The summed E-state index contributed by atoms with van der Waals surface area (Å²) in [5.41, 5.74) is 0.0894. The Kier molecular flexibility index (Phi) is 2.80. The van der Waals surface area contributed by atoms with Crippen LogP contribution in [0.2, 0.25) is 0 Å². The molecule has 0 aliphatic carbocycles. The van der Waals surface area contributed by atoms with E-state index in [-0.39, 0.29) is 16.4 Å². The van der Waals surface area contributed by atoms with Crippen LogP contribution in [0.15, 0.2) is 41.6 Å². The number of nitrogens with one attached hydrogen (secondary N) is 2. The minimum absolute atomic E-state index is 0.0705. The Bertz CT molecular complexity index is 656. The molecule has 2 aromatic rings. The maximum Gasteiger partial charge on any atom is 0.265 e. The molecule has 1 heterocycles. The van der Waals surface area contributed by atoms with Gasteiger partial charge in [0.2, 0.25) is 5.95 Å². The summed E-state index contributed by atoms with van der Waals surface area (Å²) >= 11 is 0. The van der Waals surface area contributed by atoms with E-state index >= 15 is 0 Å². The van der Waals surface area contributed by atoms with Gasteiger partial charge >= 0.3 is 0 Å². The highest BCUT2D eigenvalue weighted by Gasteiger charge is 2.18. The van der Waals surface area contributed by atoms with Gasteiger partial charge in [0.25, 0.3) is 10.0 Å². The molecule has 0 fully saturated rings. The molecule has 0 saturated carbocycles. The van der Waals surface area contributed by atoms with Crippen LogP contribution >= 0.6 is 0 Å². The zero-order valence-corrected chi connectivity index (χ0v) is 9.40. The normalized spacial score (nSPS) is 10.8. The fourth-order valence-electron chi connectivity index (χ4n) is 1.30. The summed E-state index contributed by atoms with van der Waals surface area (Å²) in [4.78, 5) is 6.30.